The first kappa shape index (κ1) is 25.1. The molecule has 0 unspecified atom stereocenters. The van der Waals surface area contributed by atoms with Crippen molar-refractivity contribution in [3.63, 3.8) is 0 Å². The second-order valence-electron chi connectivity index (χ2n) is 10.3. The number of carbonyl (C=O) groups excluding carboxylic acids is 3. The van der Waals surface area contributed by atoms with Gasteiger partial charge < -0.3 is 16.0 Å². The number of rotatable bonds is 6. The number of thiazole rings is 1. The molecule has 2 atom stereocenters. The number of benzene rings is 1. The predicted octanol–water partition coefficient (Wildman–Crippen LogP) is 2.85. The fraction of sp³-hybridized carbons (Fsp3) is 0.520. The minimum atomic E-state index is -0.741. The first-order valence-electron chi connectivity index (χ1n) is 12.0. The first-order chi connectivity index (χ1) is 16.5. The van der Waals surface area contributed by atoms with Gasteiger partial charge in [0.15, 0.2) is 5.13 Å². The number of hydrogen-bond acceptors (Lipinski definition) is 7. The van der Waals surface area contributed by atoms with Crippen molar-refractivity contribution in [3.05, 3.63) is 46.0 Å². The zero-order valence-corrected chi connectivity index (χ0v) is 21.8. The molecule has 1 fully saturated rings. The number of amides is 3. The molecule has 3 heterocycles. The normalized spacial score (nSPS) is 18.9. The number of anilines is 1. The van der Waals surface area contributed by atoms with Crippen molar-refractivity contribution in [3.8, 4) is 0 Å². The fourth-order valence-electron chi connectivity index (χ4n) is 4.34. The van der Waals surface area contributed by atoms with E-state index in [9.17, 15) is 14.4 Å². The second kappa shape index (κ2) is 9.94. The highest BCUT2D eigenvalue weighted by Crippen LogP contribution is 2.30. The molecule has 1 saturated heterocycles. The van der Waals surface area contributed by atoms with Crippen molar-refractivity contribution in [2.24, 2.45) is 5.92 Å². The Balaban J connectivity index is 1.40. The smallest absolute Gasteiger partial charge is 0.264 e. The van der Waals surface area contributed by atoms with Gasteiger partial charge in [0.05, 0.1) is 11.6 Å². The Labute approximate surface area is 210 Å². The van der Waals surface area contributed by atoms with Gasteiger partial charge in [-0.25, -0.2) is 9.99 Å². The van der Waals surface area contributed by atoms with Crippen LogP contribution in [0.1, 0.15) is 66.7 Å². The molecule has 3 N–H and O–H groups in total. The summed E-state index contributed by atoms with van der Waals surface area (Å²) in [7, 11) is 0. The molecule has 0 bridgehead atoms. The molecule has 0 radical (unpaired) electrons. The van der Waals surface area contributed by atoms with Crippen LogP contribution in [0.4, 0.5) is 5.13 Å². The summed E-state index contributed by atoms with van der Waals surface area (Å²) < 4.78 is 0. The van der Waals surface area contributed by atoms with Crippen molar-refractivity contribution in [2.75, 3.05) is 25.0 Å². The van der Waals surface area contributed by atoms with Gasteiger partial charge in [-0.05, 0) is 45.2 Å². The highest BCUT2D eigenvalue weighted by atomic mass is 32.1. The van der Waals surface area contributed by atoms with Crippen LogP contribution in [0, 0.1) is 12.8 Å². The van der Waals surface area contributed by atoms with E-state index in [-0.39, 0.29) is 29.8 Å². The lowest BCUT2D eigenvalue weighted by Gasteiger charge is -2.28. The van der Waals surface area contributed by atoms with Crippen molar-refractivity contribution in [1.82, 2.24) is 25.6 Å². The van der Waals surface area contributed by atoms with Gasteiger partial charge in [0.25, 0.3) is 11.8 Å². The number of nitrogens with zero attached hydrogens (tertiary/aromatic N) is 3. The minimum Gasteiger partial charge on any atom is -0.357 e. The number of hydrogen-bond donors (Lipinski definition) is 3. The molecule has 2 aromatic rings. The summed E-state index contributed by atoms with van der Waals surface area (Å²) in [4.78, 5) is 44.2. The molecule has 9 nitrogen and oxygen atoms in total. The van der Waals surface area contributed by atoms with Crippen molar-refractivity contribution >= 4 is 34.2 Å². The third-order valence-corrected chi connectivity index (χ3v) is 7.21. The highest BCUT2D eigenvalue weighted by molar-refractivity contribution is 7.17. The Morgan fingerprint density at radius 1 is 1.23 bits per heavy atom. The molecular formula is C25H34N6O3S. The molecule has 188 valence electrons. The maximum absolute atomic E-state index is 13.3. The molecule has 2 aliphatic heterocycles. The van der Waals surface area contributed by atoms with Crippen LogP contribution >= 0.6 is 11.3 Å². The SMILES string of the molecule is Cc1nc(NC(C)(C)C)sc1C(=O)NC[C@@H](C)C(=O)N[C@@H]1C(=O)N2CCCN2Cc2ccccc21. The van der Waals surface area contributed by atoms with Gasteiger partial charge in [-0.2, -0.15) is 0 Å². The molecule has 4 rings (SSSR count). The summed E-state index contributed by atoms with van der Waals surface area (Å²) in [6.07, 6.45) is 0.918. The van der Waals surface area contributed by atoms with Crippen LogP contribution in [0.3, 0.4) is 0 Å². The van der Waals surface area contributed by atoms with E-state index in [1.165, 1.54) is 11.3 Å². The summed E-state index contributed by atoms with van der Waals surface area (Å²) in [5.74, 6) is -1.17. The van der Waals surface area contributed by atoms with E-state index < -0.39 is 12.0 Å². The molecule has 10 heteroatoms. The van der Waals surface area contributed by atoms with Gasteiger partial charge in [-0.15, -0.1) is 0 Å². The Hall–Kier alpha value is -2.98. The van der Waals surface area contributed by atoms with Crippen molar-refractivity contribution in [1.29, 1.82) is 0 Å². The third kappa shape index (κ3) is 5.65. The standard InChI is InChI=1S/C25H34N6O3S/c1-15(13-26-22(33)20-16(2)27-24(35-20)29-25(3,4)5)21(32)28-19-18-10-7-6-9-17(18)14-30-11-8-12-31(30)23(19)34/h6-7,9-10,15,19H,8,11-14H2,1-5H3,(H,26,33)(H,27,29)(H,28,32)/t15-,19+/m1/s1. The maximum atomic E-state index is 13.3. The van der Waals surface area contributed by atoms with Gasteiger partial charge in [0, 0.05) is 31.7 Å². The molecule has 0 spiro atoms. The van der Waals surface area contributed by atoms with Crippen LogP contribution < -0.4 is 16.0 Å². The van der Waals surface area contributed by atoms with Gasteiger partial charge in [0.1, 0.15) is 10.9 Å². The quantitative estimate of drug-likeness (QED) is 0.566. The van der Waals surface area contributed by atoms with Crippen molar-refractivity contribution < 1.29 is 14.4 Å². The molecule has 35 heavy (non-hydrogen) atoms. The van der Waals surface area contributed by atoms with E-state index in [4.69, 9.17) is 0 Å². The number of carbonyl (C=O) groups is 3. The number of nitrogens with one attached hydrogen (secondary N) is 3. The summed E-state index contributed by atoms with van der Waals surface area (Å²) in [5, 5.41) is 13.6. The average Bonchev–Trinajstić information content (AvgIpc) is 3.37. The lowest BCUT2D eigenvalue weighted by Crippen LogP contribution is -2.47. The molecule has 1 aromatic heterocycles. The minimum absolute atomic E-state index is 0.115. The Bertz CT molecular complexity index is 1120. The topological polar surface area (TPSA) is 107 Å². The predicted molar refractivity (Wildman–Crippen MR) is 136 cm³/mol. The molecule has 2 aliphatic rings. The Morgan fingerprint density at radius 2 is 1.97 bits per heavy atom. The van der Waals surface area contributed by atoms with E-state index >= 15 is 0 Å². The van der Waals surface area contributed by atoms with E-state index in [2.05, 4.69) is 25.9 Å². The summed E-state index contributed by atoms with van der Waals surface area (Å²) in [5.41, 5.74) is 2.35. The van der Waals surface area contributed by atoms with Crippen LogP contribution in [0.5, 0.6) is 0 Å². The van der Waals surface area contributed by atoms with Gasteiger partial charge in [-0.1, -0.05) is 42.5 Å². The number of fused-ring (bicyclic) bond motifs is 2. The highest BCUT2D eigenvalue weighted by Gasteiger charge is 2.38. The molecule has 0 saturated carbocycles. The monoisotopic (exact) mass is 498 g/mol. The fourth-order valence-corrected chi connectivity index (χ4v) is 5.43. The zero-order valence-electron chi connectivity index (χ0n) is 21.0. The maximum Gasteiger partial charge on any atom is 0.264 e. The zero-order chi connectivity index (χ0) is 25.3. The van der Waals surface area contributed by atoms with Crippen LogP contribution in [-0.4, -0.2) is 57.9 Å². The van der Waals surface area contributed by atoms with Crippen LogP contribution in [0.15, 0.2) is 24.3 Å². The first-order valence-corrected chi connectivity index (χ1v) is 12.8. The van der Waals surface area contributed by atoms with Crippen LogP contribution in [-0.2, 0) is 16.1 Å². The average molecular weight is 499 g/mol. The Morgan fingerprint density at radius 3 is 2.71 bits per heavy atom. The number of hydrazine groups is 1. The summed E-state index contributed by atoms with van der Waals surface area (Å²) in [6.45, 7) is 11.9. The lowest BCUT2D eigenvalue weighted by atomic mass is 9.99. The summed E-state index contributed by atoms with van der Waals surface area (Å²) >= 11 is 1.30. The van der Waals surface area contributed by atoms with Crippen molar-refractivity contribution in [2.45, 2.75) is 59.2 Å². The molecule has 3 amide bonds. The van der Waals surface area contributed by atoms with Gasteiger partial charge in [0.2, 0.25) is 5.91 Å². The van der Waals surface area contributed by atoms with Gasteiger partial charge >= 0.3 is 0 Å². The largest absolute Gasteiger partial charge is 0.357 e. The van der Waals surface area contributed by atoms with E-state index in [0.717, 1.165) is 24.1 Å². The second-order valence-corrected chi connectivity index (χ2v) is 11.3. The number of aromatic nitrogens is 1. The molecule has 0 aliphatic carbocycles. The third-order valence-electron chi connectivity index (χ3n) is 6.14. The molecule has 1 aromatic carbocycles. The van der Waals surface area contributed by atoms with E-state index in [1.54, 1.807) is 18.9 Å². The Kier molecular flexibility index (Phi) is 7.14. The lowest BCUT2D eigenvalue weighted by molar-refractivity contribution is -0.148. The van der Waals surface area contributed by atoms with E-state index in [0.29, 0.717) is 28.8 Å². The number of aryl methyl sites for hydroxylation is 1. The van der Waals surface area contributed by atoms with Gasteiger partial charge in [-0.3, -0.25) is 19.4 Å². The van der Waals surface area contributed by atoms with Crippen LogP contribution in [0.2, 0.25) is 0 Å². The molecular weight excluding hydrogens is 464 g/mol. The van der Waals surface area contributed by atoms with E-state index in [1.807, 2.05) is 45.0 Å². The summed E-state index contributed by atoms with van der Waals surface area (Å²) in [6, 6.07) is 7.02. The van der Waals surface area contributed by atoms with Crippen LogP contribution in [0.25, 0.3) is 0 Å².